The topological polar surface area (TPSA) is 71.1 Å². The lowest BCUT2D eigenvalue weighted by molar-refractivity contribution is 0.0527. The van der Waals surface area contributed by atoms with Crippen molar-refractivity contribution in [3.05, 3.63) is 64.5 Å². The molecule has 7 heteroatoms. The Kier molecular flexibility index (Phi) is 5.56. The Morgan fingerprint density at radius 3 is 2.64 bits per heavy atom. The van der Waals surface area contributed by atoms with Gasteiger partial charge in [-0.25, -0.2) is 9.59 Å². The van der Waals surface area contributed by atoms with E-state index in [1.54, 1.807) is 17.0 Å². The van der Waals surface area contributed by atoms with E-state index in [1.807, 2.05) is 41.8 Å². The van der Waals surface area contributed by atoms with Crippen LogP contribution in [0.25, 0.3) is 21.9 Å². The minimum Gasteiger partial charge on any atom is -0.462 e. The highest BCUT2D eigenvalue weighted by Gasteiger charge is 2.30. The van der Waals surface area contributed by atoms with E-state index < -0.39 is 0 Å². The lowest BCUT2D eigenvalue weighted by atomic mass is 10.1. The van der Waals surface area contributed by atoms with E-state index >= 15 is 0 Å². The van der Waals surface area contributed by atoms with Gasteiger partial charge in [0.25, 0.3) is 0 Å². The zero-order chi connectivity index (χ0) is 23.1. The number of para-hydroxylation sites is 1. The number of benzene rings is 1. The first kappa shape index (κ1) is 21.5. The number of fused-ring (bicyclic) bond motifs is 2. The second kappa shape index (κ2) is 8.54. The van der Waals surface area contributed by atoms with E-state index in [-0.39, 0.29) is 17.7 Å². The SMILES string of the molecule is CCOC(=O)c1c(Cn2c(=O)n(C3CC3)c3ccncc32)n(CCC(C)C)c2ccccc12. The maximum Gasteiger partial charge on any atom is 0.340 e. The predicted molar refractivity (Wildman–Crippen MR) is 129 cm³/mol. The highest BCUT2D eigenvalue weighted by molar-refractivity contribution is 6.06. The molecule has 1 fully saturated rings. The van der Waals surface area contributed by atoms with Crippen molar-refractivity contribution in [1.29, 1.82) is 0 Å². The molecule has 1 aliphatic carbocycles. The van der Waals surface area contributed by atoms with Gasteiger partial charge in [-0.1, -0.05) is 32.0 Å². The van der Waals surface area contributed by atoms with Crippen molar-refractivity contribution in [2.45, 2.75) is 59.2 Å². The number of hydrogen-bond acceptors (Lipinski definition) is 4. The van der Waals surface area contributed by atoms with Crippen LogP contribution in [0.5, 0.6) is 0 Å². The van der Waals surface area contributed by atoms with Crippen molar-refractivity contribution in [3.8, 4) is 0 Å². The largest absolute Gasteiger partial charge is 0.462 e. The van der Waals surface area contributed by atoms with Crippen LogP contribution in [0.4, 0.5) is 0 Å². The van der Waals surface area contributed by atoms with Crippen LogP contribution in [0, 0.1) is 5.92 Å². The molecule has 7 nitrogen and oxygen atoms in total. The number of carbonyl (C=O) groups is 1. The number of aromatic nitrogens is 4. The number of aryl methyl sites for hydroxylation is 1. The molecule has 0 atom stereocenters. The fourth-order valence-electron chi connectivity index (χ4n) is 4.71. The molecule has 33 heavy (non-hydrogen) atoms. The minimum absolute atomic E-state index is 0.0454. The Bertz CT molecular complexity index is 1390. The monoisotopic (exact) mass is 446 g/mol. The molecule has 1 aliphatic rings. The quantitative estimate of drug-likeness (QED) is 0.366. The van der Waals surface area contributed by atoms with Gasteiger partial charge in [0.15, 0.2) is 0 Å². The van der Waals surface area contributed by atoms with Crippen molar-refractivity contribution < 1.29 is 9.53 Å². The van der Waals surface area contributed by atoms with Gasteiger partial charge in [0.1, 0.15) is 0 Å². The van der Waals surface area contributed by atoms with Crippen molar-refractivity contribution >= 4 is 27.9 Å². The average Bonchev–Trinajstić information content (AvgIpc) is 3.53. The third-order valence-electron chi connectivity index (χ3n) is 6.47. The van der Waals surface area contributed by atoms with Crippen LogP contribution in [-0.4, -0.2) is 31.3 Å². The van der Waals surface area contributed by atoms with Crippen LogP contribution < -0.4 is 5.69 Å². The maximum absolute atomic E-state index is 13.5. The summed E-state index contributed by atoms with van der Waals surface area (Å²) in [5, 5.41) is 0.867. The smallest absolute Gasteiger partial charge is 0.340 e. The van der Waals surface area contributed by atoms with Crippen molar-refractivity contribution in [1.82, 2.24) is 18.7 Å². The first-order valence-corrected chi connectivity index (χ1v) is 11.8. The van der Waals surface area contributed by atoms with Gasteiger partial charge < -0.3 is 9.30 Å². The zero-order valence-electron chi connectivity index (χ0n) is 19.5. The van der Waals surface area contributed by atoms with Gasteiger partial charge in [0.05, 0.1) is 41.6 Å². The Labute approximate surface area is 192 Å². The van der Waals surface area contributed by atoms with Crippen LogP contribution in [0.3, 0.4) is 0 Å². The molecule has 4 aromatic rings. The molecule has 0 aliphatic heterocycles. The van der Waals surface area contributed by atoms with Crippen molar-refractivity contribution in [2.24, 2.45) is 5.92 Å². The van der Waals surface area contributed by atoms with Crippen LogP contribution in [0.2, 0.25) is 0 Å². The van der Waals surface area contributed by atoms with E-state index in [2.05, 4.69) is 23.4 Å². The van der Waals surface area contributed by atoms with Crippen molar-refractivity contribution in [3.63, 3.8) is 0 Å². The second-order valence-corrected chi connectivity index (χ2v) is 9.23. The normalized spacial score (nSPS) is 13.9. The third-order valence-corrected chi connectivity index (χ3v) is 6.47. The molecular formula is C26H30N4O3. The summed E-state index contributed by atoms with van der Waals surface area (Å²) < 4.78 is 11.3. The lowest BCUT2D eigenvalue weighted by Gasteiger charge is -2.14. The van der Waals surface area contributed by atoms with E-state index in [9.17, 15) is 9.59 Å². The van der Waals surface area contributed by atoms with E-state index in [0.717, 1.165) is 53.4 Å². The number of pyridine rings is 1. The molecule has 0 radical (unpaired) electrons. The summed E-state index contributed by atoms with van der Waals surface area (Å²) in [5.74, 6) is 0.165. The Hall–Kier alpha value is -3.35. The summed E-state index contributed by atoms with van der Waals surface area (Å²) in [4.78, 5) is 31.0. The molecule has 3 heterocycles. The standard InChI is InChI=1S/C26H30N4O3/c1-4-33-25(31)24-19-7-5-6-8-20(19)28(14-12-17(2)3)23(24)16-29-22-15-27-13-11-21(22)30(26(29)32)18-9-10-18/h5-8,11,13,15,17-18H,4,9-10,12,14,16H2,1-3H3. The van der Waals surface area contributed by atoms with Gasteiger partial charge >= 0.3 is 11.7 Å². The summed E-state index contributed by atoms with van der Waals surface area (Å²) in [6, 6.07) is 10.1. The average molecular weight is 447 g/mol. The summed E-state index contributed by atoms with van der Waals surface area (Å²) >= 11 is 0. The lowest BCUT2D eigenvalue weighted by Crippen LogP contribution is -2.26. The first-order chi connectivity index (χ1) is 16.0. The molecule has 0 N–H and O–H groups in total. The highest BCUT2D eigenvalue weighted by Crippen LogP contribution is 2.36. The Balaban J connectivity index is 1.73. The van der Waals surface area contributed by atoms with Gasteiger partial charge in [-0.2, -0.15) is 0 Å². The van der Waals surface area contributed by atoms with Crippen molar-refractivity contribution in [2.75, 3.05) is 6.61 Å². The van der Waals surface area contributed by atoms with Gasteiger partial charge in [-0.05, 0) is 44.2 Å². The second-order valence-electron chi connectivity index (χ2n) is 9.23. The van der Waals surface area contributed by atoms with Gasteiger partial charge in [-0.3, -0.25) is 14.1 Å². The van der Waals surface area contributed by atoms with E-state index in [4.69, 9.17) is 4.74 Å². The minimum atomic E-state index is -0.343. The van der Waals surface area contributed by atoms with Crippen LogP contribution in [0.1, 0.15) is 62.1 Å². The fraction of sp³-hybridized carbons (Fsp3) is 0.423. The zero-order valence-corrected chi connectivity index (χ0v) is 19.5. The molecule has 0 unspecified atom stereocenters. The number of carbonyl (C=O) groups excluding carboxylic acids is 1. The predicted octanol–water partition coefficient (Wildman–Crippen LogP) is 4.76. The molecule has 3 aromatic heterocycles. The molecule has 0 spiro atoms. The highest BCUT2D eigenvalue weighted by atomic mass is 16.5. The van der Waals surface area contributed by atoms with E-state index in [1.165, 1.54) is 0 Å². The summed E-state index contributed by atoms with van der Waals surface area (Å²) in [6.45, 7) is 7.56. The summed E-state index contributed by atoms with van der Waals surface area (Å²) in [5.41, 5.74) is 4.02. The number of hydrogen-bond donors (Lipinski definition) is 0. The van der Waals surface area contributed by atoms with Gasteiger partial charge in [0.2, 0.25) is 0 Å². The van der Waals surface area contributed by atoms with Crippen LogP contribution in [0.15, 0.2) is 47.5 Å². The van der Waals surface area contributed by atoms with Crippen LogP contribution in [-0.2, 0) is 17.8 Å². The molecule has 5 rings (SSSR count). The molecule has 172 valence electrons. The Morgan fingerprint density at radius 2 is 1.91 bits per heavy atom. The molecule has 0 amide bonds. The number of rotatable bonds is 8. The fourth-order valence-corrected chi connectivity index (χ4v) is 4.71. The number of imidazole rings is 1. The van der Waals surface area contributed by atoms with E-state index in [0.29, 0.717) is 24.6 Å². The summed E-state index contributed by atoms with van der Waals surface area (Å²) in [6.07, 6.45) is 6.48. The molecule has 0 bridgehead atoms. The Morgan fingerprint density at radius 1 is 1.12 bits per heavy atom. The number of esters is 1. The molecule has 0 saturated heterocycles. The molecule has 1 aromatic carbocycles. The first-order valence-electron chi connectivity index (χ1n) is 11.8. The molecule has 1 saturated carbocycles. The third kappa shape index (κ3) is 3.75. The molecular weight excluding hydrogens is 416 g/mol. The number of nitrogens with zero attached hydrogens (tertiary/aromatic N) is 4. The van der Waals surface area contributed by atoms with Crippen LogP contribution >= 0.6 is 0 Å². The number of ether oxygens (including phenoxy) is 1. The van der Waals surface area contributed by atoms with Gasteiger partial charge in [0, 0.05) is 29.7 Å². The summed E-state index contributed by atoms with van der Waals surface area (Å²) in [7, 11) is 0. The van der Waals surface area contributed by atoms with Gasteiger partial charge in [-0.15, -0.1) is 0 Å². The maximum atomic E-state index is 13.5.